The number of amides is 1. The lowest BCUT2D eigenvalue weighted by atomic mass is 10.3. The number of aromatic nitrogens is 1. The summed E-state index contributed by atoms with van der Waals surface area (Å²) in [6.45, 7) is 1.44. The van der Waals surface area contributed by atoms with Gasteiger partial charge in [-0.05, 0) is 18.4 Å². The molecule has 1 atom stereocenters. The fourth-order valence-corrected chi connectivity index (χ4v) is 2.98. The van der Waals surface area contributed by atoms with Gasteiger partial charge in [0.2, 0.25) is 0 Å². The Morgan fingerprint density at radius 2 is 2.26 bits per heavy atom. The second-order valence-corrected chi connectivity index (χ2v) is 5.64. The zero-order chi connectivity index (χ0) is 13.8. The largest absolute Gasteiger partial charge is 0.452 e. The second kappa shape index (κ2) is 5.94. The first-order valence-corrected chi connectivity index (χ1v) is 7.29. The molecule has 0 aliphatic heterocycles. The van der Waals surface area contributed by atoms with Gasteiger partial charge in [-0.1, -0.05) is 6.07 Å². The number of rotatable bonds is 5. The van der Waals surface area contributed by atoms with Gasteiger partial charge in [0.1, 0.15) is 5.01 Å². The van der Waals surface area contributed by atoms with Gasteiger partial charge in [0.15, 0.2) is 6.10 Å². The topological polar surface area (TPSA) is 82.3 Å². The third-order valence-corrected chi connectivity index (χ3v) is 4.25. The van der Waals surface area contributed by atoms with Crippen LogP contribution in [0.4, 0.5) is 0 Å². The Hall–Kier alpha value is -1.73. The first-order valence-electron chi connectivity index (χ1n) is 5.53. The molecule has 2 rings (SSSR count). The summed E-state index contributed by atoms with van der Waals surface area (Å²) >= 11 is 3.07. The van der Waals surface area contributed by atoms with E-state index in [1.54, 1.807) is 11.3 Å². The number of primary amides is 1. The van der Waals surface area contributed by atoms with Crippen LogP contribution in [-0.4, -0.2) is 23.0 Å². The smallest absolute Gasteiger partial charge is 0.312 e. The quantitative estimate of drug-likeness (QED) is 0.853. The lowest BCUT2D eigenvalue weighted by molar-refractivity contribution is -0.153. The van der Waals surface area contributed by atoms with E-state index in [1.165, 1.54) is 18.3 Å². The van der Waals surface area contributed by atoms with Crippen molar-refractivity contribution >= 4 is 34.6 Å². The zero-order valence-electron chi connectivity index (χ0n) is 10.2. The number of thiophene rings is 1. The Balaban J connectivity index is 1.97. The monoisotopic (exact) mass is 296 g/mol. The van der Waals surface area contributed by atoms with Crippen LogP contribution in [0.5, 0.6) is 0 Å². The highest BCUT2D eigenvalue weighted by Crippen LogP contribution is 2.27. The molecule has 2 heterocycles. The van der Waals surface area contributed by atoms with E-state index in [0.29, 0.717) is 5.69 Å². The minimum absolute atomic E-state index is 0.0412. The van der Waals surface area contributed by atoms with Gasteiger partial charge in [-0.2, -0.15) is 0 Å². The third kappa shape index (κ3) is 3.62. The van der Waals surface area contributed by atoms with E-state index in [-0.39, 0.29) is 6.42 Å². The number of nitrogens with zero attached hydrogens (tertiary/aromatic N) is 1. The molecule has 0 fully saturated rings. The summed E-state index contributed by atoms with van der Waals surface area (Å²) < 4.78 is 4.87. The molecule has 0 aromatic carbocycles. The lowest BCUT2D eigenvalue weighted by Crippen LogP contribution is -2.30. The molecule has 1 amide bonds. The van der Waals surface area contributed by atoms with Crippen LogP contribution in [0.25, 0.3) is 9.88 Å². The molecule has 7 heteroatoms. The maximum atomic E-state index is 11.6. The summed E-state index contributed by atoms with van der Waals surface area (Å²) in [6, 6.07) is 3.92. The molecule has 0 aliphatic rings. The van der Waals surface area contributed by atoms with Crippen molar-refractivity contribution in [3.8, 4) is 9.88 Å². The normalized spacial score (nSPS) is 12.1. The summed E-state index contributed by atoms with van der Waals surface area (Å²) in [5.41, 5.74) is 5.65. The first-order chi connectivity index (χ1) is 9.06. The van der Waals surface area contributed by atoms with E-state index in [4.69, 9.17) is 10.5 Å². The molecule has 0 saturated carbocycles. The van der Waals surface area contributed by atoms with E-state index < -0.39 is 18.0 Å². The molecular weight excluding hydrogens is 284 g/mol. The maximum absolute atomic E-state index is 11.6. The van der Waals surface area contributed by atoms with Gasteiger partial charge in [0.05, 0.1) is 17.0 Å². The third-order valence-electron chi connectivity index (χ3n) is 2.32. The van der Waals surface area contributed by atoms with Gasteiger partial charge in [-0.3, -0.25) is 9.59 Å². The molecule has 2 N–H and O–H groups in total. The highest BCUT2D eigenvalue weighted by atomic mass is 32.1. The number of nitrogens with two attached hydrogens (primary N) is 1. The predicted octanol–water partition coefficient (Wildman–Crippen LogP) is 1.83. The SMILES string of the molecule is C[C@H](OC(=O)Cc1csc(-c2cccs2)n1)C(N)=O. The molecule has 0 bridgehead atoms. The van der Waals surface area contributed by atoms with Gasteiger partial charge >= 0.3 is 5.97 Å². The average Bonchev–Trinajstić information content (AvgIpc) is 2.97. The van der Waals surface area contributed by atoms with Crippen LogP contribution in [0, 0.1) is 0 Å². The summed E-state index contributed by atoms with van der Waals surface area (Å²) in [4.78, 5) is 27.8. The Morgan fingerprint density at radius 1 is 1.47 bits per heavy atom. The molecule has 0 aliphatic carbocycles. The van der Waals surface area contributed by atoms with Gasteiger partial charge in [-0.15, -0.1) is 22.7 Å². The number of hydrogen-bond donors (Lipinski definition) is 1. The Bertz CT molecular complexity index is 578. The Kier molecular flexibility index (Phi) is 4.28. The zero-order valence-corrected chi connectivity index (χ0v) is 11.8. The average molecular weight is 296 g/mol. The molecule has 100 valence electrons. The van der Waals surface area contributed by atoms with Crippen LogP contribution in [0.2, 0.25) is 0 Å². The number of thiazole rings is 1. The molecular formula is C12H12N2O3S2. The Morgan fingerprint density at radius 3 is 2.89 bits per heavy atom. The highest BCUT2D eigenvalue weighted by molar-refractivity contribution is 7.20. The molecule has 2 aromatic rings. The van der Waals surface area contributed by atoms with Crippen molar-refractivity contribution in [2.24, 2.45) is 5.73 Å². The number of esters is 1. The van der Waals surface area contributed by atoms with Crippen LogP contribution in [0.3, 0.4) is 0 Å². The number of hydrogen-bond acceptors (Lipinski definition) is 6. The number of ether oxygens (including phenoxy) is 1. The molecule has 19 heavy (non-hydrogen) atoms. The minimum Gasteiger partial charge on any atom is -0.452 e. The van der Waals surface area contributed by atoms with E-state index in [0.717, 1.165) is 9.88 Å². The van der Waals surface area contributed by atoms with Crippen molar-refractivity contribution in [2.45, 2.75) is 19.4 Å². The number of carbonyl (C=O) groups is 2. The summed E-state index contributed by atoms with van der Waals surface area (Å²) in [6.07, 6.45) is -0.873. The van der Waals surface area contributed by atoms with Crippen molar-refractivity contribution in [1.29, 1.82) is 0 Å². The number of carbonyl (C=O) groups excluding carboxylic acids is 2. The van der Waals surface area contributed by atoms with Gasteiger partial charge in [0.25, 0.3) is 5.91 Å². The molecule has 5 nitrogen and oxygen atoms in total. The lowest BCUT2D eigenvalue weighted by Gasteiger charge is -2.08. The van der Waals surface area contributed by atoms with Crippen LogP contribution in [-0.2, 0) is 20.7 Å². The van der Waals surface area contributed by atoms with Crippen molar-refractivity contribution in [3.05, 3.63) is 28.6 Å². The van der Waals surface area contributed by atoms with Crippen molar-refractivity contribution < 1.29 is 14.3 Å². The predicted molar refractivity (Wildman–Crippen MR) is 73.9 cm³/mol. The van der Waals surface area contributed by atoms with Crippen molar-refractivity contribution in [1.82, 2.24) is 4.98 Å². The van der Waals surface area contributed by atoms with Crippen LogP contribution in [0.1, 0.15) is 12.6 Å². The summed E-state index contributed by atoms with van der Waals surface area (Å²) in [5, 5.41) is 4.66. The van der Waals surface area contributed by atoms with Gasteiger partial charge < -0.3 is 10.5 Å². The van der Waals surface area contributed by atoms with Crippen LogP contribution < -0.4 is 5.73 Å². The molecule has 0 radical (unpaired) electrons. The molecule has 0 saturated heterocycles. The Labute approximate surface area is 118 Å². The standard InChI is InChI=1S/C12H12N2O3S2/c1-7(11(13)16)17-10(15)5-8-6-19-12(14-8)9-3-2-4-18-9/h2-4,6-7H,5H2,1H3,(H2,13,16)/t7-/m0/s1. The van der Waals surface area contributed by atoms with Gasteiger partial charge in [0, 0.05) is 5.38 Å². The van der Waals surface area contributed by atoms with Crippen molar-refractivity contribution in [3.63, 3.8) is 0 Å². The fourth-order valence-electron chi connectivity index (χ4n) is 1.35. The van der Waals surface area contributed by atoms with E-state index in [1.807, 2.05) is 22.9 Å². The summed E-state index contributed by atoms with van der Waals surface area (Å²) in [7, 11) is 0. The van der Waals surface area contributed by atoms with Crippen molar-refractivity contribution in [2.75, 3.05) is 0 Å². The summed E-state index contributed by atoms with van der Waals surface area (Å²) in [5.74, 6) is -1.17. The van der Waals surface area contributed by atoms with Crippen LogP contribution >= 0.6 is 22.7 Å². The highest BCUT2D eigenvalue weighted by Gasteiger charge is 2.16. The fraction of sp³-hybridized carbons (Fsp3) is 0.250. The second-order valence-electron chi connectivity index (χ2n) is 3.83. The van der Waals surface area contributed by atoms with E-state index in [2.05, 4.69) is 4.98 Å². The molecule has 2 aromatic heterocycles. The van der Waals surface area contributed by atoms with Crippen LogP contribution in [0.15, 0.2) is 22.9 Å². The van der Waals surface area contributed by atoms with Gasteiger partial charge in [-0.25, -0.2) is 4.98 Å². The van der Waals surface area contributed by atoms with E-state index in [9.17, 15) is 9.59 Å². The molecule has 0 unspecified atom stereocenters. The maximum Gasteiger partial charge on any atom is 0.312 e. The van der Waals surface area contributed by atoms with E-state index >= 15 is 0 Å². The molecule has 0 spiro atoms. The minimum atomic E-state index is -0.914. The first kappa shape index (κ1) is 13.7.